The zero-order chi connectivity index (χ0) is 24.6. The molecule has 0 spiro atoms. The van der Waals surface area contributed by atoms with E-state index >= 15 is 0 Å². The number of carbonyl (C=O) groups excluding carboxylic acids is 2. The Balaban J connectivity index is 1.63. The van der Waals surface area contributed by atoms with E-state index in [0.29, 0.717) is 34.9 Å². The van der Waals surface area contributed by atoms with Crippen LogP contribution in [0, 0.1) is 13.8 Å². The van der Waals surface area contributed by atoms with Crippen LogP contribution in [0.25, 0.3) is 0 Å². The van der Waals surface area contributed by atoms with E-state index in [1.807, 2.05) is 19.1 Å². The number of rotatable bonds is 5. The van der Waals surface area contributed by atoms with Crippen molar-refractivity contribution >= 4 is 38.9 Å². The molecule has 8 nitrogen and oxygen atoms in total. The fourth-order valence-corrected chi connectivity index (χ4v) is 5.00. The molecule has 34 heavy (non-hydrogen) atoms. The lowest BCUT2D eigenvalue weighted by atomic mass is 10.1. The molecule has 2 N–H and O–H groups in total. The van der Waals surface area contributed by atoms with E-state index in [-0.39, 0.29) is 28.0 Å². The van der Waals surface area contributed by atoms with Crippen LogP contribution >= 0.6 is 0 Å². The highest BCUT2D eigenvalue weighted by Gasteiger charge is 2.27. The minimum atomic E-state index is -3.95. The summed E-state index contributed by atoms with van der Waals surface area (Å²) in [4.78, 5) is 26.3. The summed E-state index contributed by atoms with van der Waals surface area (Å²) in [5, 5.41) is 2.71. The molecule has 176 valence electrons. The van der Waals surface area contributed by atoms with Crippen molar-refractivity contribution in [3.63, 3.8) is 0 Å². The highest BCUT2D eigenvalue weighted by Crippen LogP contribution is 2.39. The predicted octanol–water partition coefficient (Wildman–Crippen LogP) is 4.84. The number of aryl methyl sites for hydroxylation is 2. The van der Waals surface area contributed by atoms with Gasteiger partial charge >= 0.3 is 0 Å². The standard InChI is InChI=1S/C25H25N3O5S/c1-5-24(29)26-17-8-11-23(16(3)13-17)34(31,32)27-18-7-10-21-19(14-18)25(30)28(4)20-12-15(2)6-9-22(20)33-21/h6-14,27H,5H2,1-4H3,(H,26,29). The molecule has 2 amide bonds. The smallest absolute Gasteiger partial charge is 0.262 e. The van der Waals surface area contributed by atoms with Crippen molar-refractivity contribution in [2.75, 3.05) is 22.0 Å². The number of anilines is 3. The van der Waals surface area contributed by atoms with Crippen molar-refractivity contribution in [1.29, 1.82) is 0 Å². The maximum Gasteiger partial charge on any atom is 0.262 e. The lowest BCUT2D eigenvalue weighted by Gasteiger charge is -2.17. The minimum absolute atomic E-state index is 0.0690. The number of sulfonamides is 1. The maximum atomic E-state index is 13.1. The molecule has 1 aliphatic heterocycles. The summed E-state index contributed by atoms with van der Waals surface area (Å²) in [6.07, 6.45) is 0.321. The number of nitrogens with zero attached hydrogens (tertiary/aromatic N) is 1. The van der Waals surface area contributed by atoms with Gasteiger partial charge in [-0.05, 0) is 73.5 Å². The Morgan fingerprint density at radius 3 is 2.38 bits per heavy atom. The normalized spacial score (nSPS) is 12.8. The van der Waals surface area contributed by atoms with Crippen LogP contribution in [0.15, 0.2) is 59.5 Å². The molecule has 0 saturated carbocycles. The van der Waals surface area contributed by atoms with Gasteiger partial charge in [0.05, 0.1) is 16.1 Å². The summed E-state index contributed by atoms with van der Waals surface area (Å²) in [5.41, 5.74) is 3.08. The van der Waals surface area contributed by atoms with Crippen molar-refractivity contribution in [2.45, 2.75) is 32.1 Å². The average molecular weight is 480 g/mol. The largest absolute Gasteiger partial charge is 0.454 e. The van der Waals surface area contributed by atoms with Crippen LogP contribution in [0.5, 0.6) is 11.5 Å². The van der Waals surface area contributed by atoms with Crippen LogP contribution in [0.3, 0.4) is 0 Å². The molecule has 9 heteroatoms. The molecule has 0 bridgehead atoms. The first-order chi connectivity index (χ1) is 16.1. The fourth-order valence-electron chi connectivity index (χ4n) is 3.72. The summed E-state index contributed by atoms with van der Waals surface area (Å²) in [5.74, 6) is 0.411. The Morgan fingerprint density at radius 2 is 1.68 bits per heavy atom. The zero-order valence-electron chi connectivity index (χ0n) is 19.3. The van der Waals surface area contributed by atoms with Gasteiger partial charge in [-0.25, -0.2) is 8.42 Å². The van der Waals surface area contributed by atoms with Gasteiger partial charge in [0, 0.05) is 24.8 Å². The van der Waals surface area contributed by atoms with E-state index in [1.54, 1.807) is 45.2 Å². The molecule has 0 unspecified atom stereocenters. The number of benzene rings is 3. The van der Waals surface area contributed by atoms with Gasteiger partial charge in [0.2, 0.25) is 5.91 Å². The molecular weight excluding hydrogens is 454 g/mol. The SMILES string of the molecule is CCC(=O)Nc1ccc(S(=O)(=O)Nc2ccc3c(c2)C(=O)N(C)c2cc(C)ccc2O3)c(C)c1. The van der Waals surface area contributed by atoms with Crippen LogP contribution in [-0.4, -0.2) is 27.3 Å². The molecule has 0 aliphatic carbocycles. The van der Waals surface area contributed by atoms with Crippen molar-refractivity contribution in [3.8, 4) is 11.5 Å². The molecule has 1 heterocycles. The highest BCUT2D eigenvalue weighted by atomic mass is 32.2. The first-order valence-electron chi connectivity index (χ1n) is 10.7. The quantitative estimate of drug-likeness (QED) is 0.545. The van der Waals surface area contributed by atoms with E-state index in [9.17, 15) is 18.0 Å². The van der Waals surface area contributed by atoms with E-state index in [1.165, 1.54) is 23.1 Å². The number of hydrogen-bond donors (Lipinski definition) is 2. The number of hydrogen-bond acceptors (Lipinski definition) is 5. The maximum absolute atomic E-state index is 13.1. The summed E-state index contributed by atoms with van der Waals surface area (Å²) in [6.45, 7) is 5.31. The van der Waals surface area contributed by atoms with Crippen LogP contribution in [0.4, 0.5) is 17.1 Å². The average Bonchev–Trinajstić information content (AvgIpc) is 2.88. The number of nitrogens with one attached hydrogen (secondary N) is 2. The molecule has 1 aliphatic rings. The molecule has 4 rings (SSSR count). The lowest BCUT2D eigenvalue weighted by Crippen LogP contribution is -2.25. The molecule has 0 saturated heterocycles. The molecule has 0 aromatic heterocycles. The number of fused-ring (bicyclic) bond motifs is 2. The van der Waals surface area contributed by atoms with Gasteiger partial charge in [-0.1, -0.05) is 13.0 Å². The van der Waals surface area contributed by atoms with Gasteiger partial charge in [0.15, 0.2) is 5.75 Å². The minimum Gasteiger partial charge on any atom is -0.454 e. The second kappa shape index (κ2) is 8.83. The number of amides is 2. The topological polar surface area (TPSA) is 105 Å². The Hall–Kier alpha value is -3.85. The van der Waals surface area contributed by atoms with Gasteiger partial charge in [0.25, 0.3) is 15.9 Å². The third-order valence-corrected chi connectivity index (χ3v) is 7.07. The highest BCUT2D eigenvalue weighted by molar-refractivity contribution is 7.92. The van der Waals surface area contributed by atoms with Crippen LogP contribution in [-0.2, 0) is 14.8 Å². The monoisotopic (exact) mass is 479 g/mol. The van der Waals surface area contributed by atoms with Gasteiger partial charge in [-0.3, -0.25) is 14.3 Å². The van der Waals surface area contributed by atoms with Crippen LogP contribution in [0.1, 0.15) is 34.8 Å². The first-order valence-corrected chi connectivity index (χ1v) is 12.2. The molecule has 0 fully saturated rings. The fraction of sp³-hybridized carbons (Fsp3) is 0.200. The van der Waals surface area contributed by atoms with E-state index in [0.717, 1.165) is 5.56 Å². The van der Waals surface area contributed by atoms with E-state index < -0.39 is 10.0 Å². The molecule has 3 aromatic carbocycles. The van der Waals surface area contributed by atoms with Gasteiger partial charge < -0.3 is 15.0 Å². The molecule has 0 radical (unpaired) electrons. The first kappa shape index (κ1) is 23.3. The van der Waals surface area contributed by atoms with Crippen LogP contribution < -0.4 is 19.7 Å². The van der Waals surface area contributed by atoms with Crippen molar-refractivity contribution in [3.05, 3.63) is 71.3 Å². The van der Waals surface area contributed by atoms with E-state index in [2.05, 4.69) is 10.0 Å². The summed E-state index contributed by atoms with van der Waals surface area (Å²) < 4.78 is 34.7. The van der Waals surface area contributed by atoms with Crippen molar-refractivity contribution in [2.24, 2.45) is 0 Å². The second-order valence-corrected chi connectivity index (χ2v) is 9.79. The molecule has 0 atom stereocenters. The van der Waals surface area contributed by atoms with Gasteiger partial charge in [0.1, 0.15) is 5.75 Å². The lowest BCUT2D eigenvalue weighted by molar-refractivity contribution is -0.115. The van der Waals surface area contributed by atoms with E-state index in [4.69, 9.17) is 4.74 Å². The van der Waals surface area contributed by atoms with Crippen molar-refractivity contribution in [1.82, 2.24) is 0 Å². The Kier molecular flexibility index (Phi) is 6.05. The summed E-state index contributed by atoms with van der Waals surface area (Å²) in [6, 6.07) is 14.7. The Labute approximate surface area is 198 Å². The summed E-state index contributed by atoms with van der Waals surface area (Å²) >= 11 is 0. The van der Waals surface area contributed by atoms with Crippen molar-refractivity contribution < 1.29 is 22.7 Å². The zero-order valence-corrected chi connectivity index (χ0v) is 20.1. The van der Waals surface area contributed by atoms with Gasteiger partial charge in [-0.2, -0.15) is 0 Å². The number of ether oxygens (including phenoxy) is 1. The molecular formula is C25H25N3O5S. The van der Waals surface area contributed by atoms with Gasteiger partial charge in [-0.15, -0.1) is 0 Å². The Morgan fingerprint density at radius 1 is 0.971 bits per heavy atom. The third-order valence-electron chi connectivity index (χ3n) is 5.53. The summed E-state index contributed by atoms with van der Waals surface area (Å²) in [7, 11) is -2.30. The predicted molar refractivity (Wildman–Crippen MR) is 131 cm³/mol. The third kappa shape index (κ3) is 4.47. The second-order valence-electron chi connectivity index (χ2n) is 8.14. The molecule has 3 aromatic rings. The Bertz CT molecular complexity index is 1420. The van der Waals surface area contributed by atoms with Crippen LogP contribution in [0.2, 0.25) is 0 Å². The number of carbonyl (C=O) groups is 2.